The van der Waals surface area contributed by atoms with Crippen LogP contribution in [0.25, 0.3) is 60.2 Å². The Kier molecular flexibility index (Phi) is 6.70. The summed E-state index contributed by atoms with van der Waals surface area (Å²) < 4.78 is 41.4. The Morgan fingerprint density at radius 3 is 1.37 bits per heavy atom. The van der Waals surface area contributed by atoms with Gasteiger partial charge < -0.3 is 17.3 Å². The smallest absolute Gasteiger partial charge is 0.418 e. The maximum absolute atomic E-state index is 9.75. The Balaban J connectivity index is 0.000000559. The Morgan fingerprint density at radius 1 is 0.488 bits per heavy atom. The quantitative estimate of drug-likeness (QED) is 0.0667. The van der Waals surface area contributed by atoms with E-state index in [1.165, 1.54) is 71.3 Å². The van der Waals surface area contributed by atoms with Gasteiger partial charge in [-0.25, -0.2) is 0 Å². The molecule has 0 spiro atoms. The van der Waals surface area contributed by atoms with E-state index < -0.39 is 7.25 Å². The van der Waals surface area contributed by atoms with Gasteiger partial charge in [-0.15, -0.1) is 0 Å². The van der Waals surface area contributed by atoms with Gasteiger partial charge in [0.15, 0.2) is 0 Å². The number of aromatic nitrogens is 1. The zero-order valence-corrected chi connectivity index (χ0v) is 22.6. The zero-order chi connectivity index (χ0) is 28.7. The van der Waals surface area contributed by atoms with Gasteiger partial charge in [-0.1, -0.05) is 96.1 Å². The Morgan fingerprint density at radius 2 is 0.902 bits per heavy atom. The number of nitrogens with zero attached hydrogens (tertiary/aromatic N) is 1. The molecule has 1 nitrogen and oxygen atoms in total. The van der Waals surface area contributed by atoms with Gasteiger partial charge in [-0.2, -0.15) is 4.57 Å². The van der Waals surface area contributed by atoms with Crippen LogP contribution in [0.15, 0.2) is 121 Å². The van der Waals surface area contributed by atoms with E-state index in [1.54, 1.807) is 0 Å². The number of pyridine rings is 1. The lowest BCUT2D eigenvalue weighted by Gasteiger charge is -2.16. The van der Waals surface area contributed by atoms with E-state index in [0.29, 0.717) is 0 Å². The molecule has 0 aliphatic carbocycles. The first-order chi connectivity index (χ1) is 19.7. The van der Waals surface area contributed by atoms with Crippen molar-refractivity contribution >= 4 is 50.6 Å². The molecule has 0 radical (unpaired) electrons. The number of aryl methyl sites for hydroxylation is 2. The molecule has 0 N–H and O–H groups in total. The number of hydrogen-bond donors (Lipinski definition) is 0. The molecule has 0 aliphatic rings. The maximum atomic E-state index is 9.75. The summed E-state index contributed by atoms with van der Waals surface area (Å²) in [5, 5.41) is 7.66. The van der Waals surface area contributed by atoms with Gasteiger partial charge in [0.05, 0.1) is 10.8 Å². The molecule has 0 saturated carbocycles. The van der Waals surface area contributed by atoms with Crippen LogP contribution >= 0.6 is 0 Å². The van der Waals surface area contributed by atoms with Crippen LogP contribution in [0, 0.1) is 13.8 Å². The van der Waals surface area contributed by atoms with E-state index >= 15 is 0 Å². The average Bonchev–Trinajstić information content (AvgIpc) is 2.96. The van der Waals surface area contributed by atoms with Crippen molar-refractivity contribution in [3.05, 3.63) is 132 Å². The Labute approximate surface area is 235 Å². The lowest BCUT2D eigenvalue weighted by Crippen LogP contribution is -2.33. The molecule has 6 aromatic carbocycles. The van der Waals surface area contributed by atoms with Crippen LogP contribution in [0.5, 0.6) is 0 Å². The van der Waals surface area contributed by atoms with Gasteiger partial charge in [0.25, 0.3) is 0 Å². The number of rotatable bonds is 2. The summed E-state index contributed by atoms with van der Waals surface area (Å²) in [5.41, 5.74) is 8.70. The molecule has 202 valence electrons. The van der Waals surface area contributed by atoms with Crippen molar-refractivity contribution in [2.24, 2.45) is 0 Å². The molecule has 1 heterocycles. The molecule has 7 aromatic rings. The minimum Gasteiger partial charge on any atom is -0.418 e. The number of hydrogen-bond acceptors (Lipinski definition) is 0. The van der Waals surface area contributed by atoms with Gasteiger partial charge in [0, 0.05) is 29.8 Å². The van der Waals surface area contributed by atoms with Crippen LogP contribution < -0.4 is 4.57 Å². The monoisotopic (exact) mass is 547 g/mol. The molecule has 1 aromatic heterocycles. The Bertz CT molecular complexity index is 1950. The molecule has 0 atom stereocenters. The van der Waals surface area contributed by atoms with Crippen LogP contribution in [-0.2, 0) is 0 Å². The number of benzene rings is 6. The van der Waals surface area contributed by atoms with Crippen molar-refractivity contribution in [2.75, 3.05) is 0 Å². The standard InChI is InChI=1S/C35H26N.BF4/c1-23-11-15-27(16-12-23)33-34-29-9-5-3-7-25(29)17-21-31(34)36(28-19-13-24(2)14-20-28)32-22-18-26-8-4-6-10-30(26)35(32)33;2-1(3,4)5/h3-22H,1-2H3;/q+1;-1. The summed E-state index contributed by atoms with van der Waals surface area (Å²) in [6, 6.07) is 44.6. The fourth-order valence-corrected chi connectivity index (χ4v) is 5.65. The fraction of sp³-hybridized carbons (Fsp3) is 0.0571. The molecule has 0 amide bonds. The second-order valence-electron chi connectivity index (χ2n) is 10.3. The minimum absolute atomic E-state index is 1.18. The van der Waals surface area contributed by atoms with Gasteiger partial charge in [-0.3, -0.25) is 0 Å². The van der Waals surface area contributed by atoms with Crippen LogP contribution in [0.1, 0.15) is 11.1 Å². The average molecular weight is 547 g/mol. The maximum Gasteiger partial charge on any atom is 0.673 e. The van der Waals surface area contributed by atoms with Gasteiger partial charge in [0.2, 0.25) is 16.7 Å². The molecule has 0 unspecified atom stereocenters. The summed E-state index contributed by atoms with van der Waals surface area (Å²) in [6.07, 6.45) is 0. The summed E-state index contributed by atoms with van der Waals surface area (Å²) >= 11 is 0. The SMILES string of the molecule is Cc1ccc(-c2c3c4ccccc4ccc3[n+](-c3ccc(C)cc3)c3ccc4ccccc4c23)cc1.F[B-](F)(F)F. The van der Waals surface area contributed by atoms with Crippen molar-refractivity contribution < 1.29 is 21.8 Å². The first-order valence-electron chi connectivity index (χ1n) is 13.4. The van der Waals surface area contributed by atoms with E-state index in [-0.39, 0.29) is 0 Å². The van der Waals surface area contributed by atoms with Crippen LogP contribution in [0.4, 0.5) is 17.3 Å². The van der Waals surface area contributed by atoms with Crippen molar-refractivity contribution in [1.82, 2.24) is 0 Å². The molecular formula is C35H26BF4N. The molecule has 0 bridgehead atoms. The third-order valence-corrected chi connectivity index (χ3v) is 7.43. The third kappa shape index (κ3) is 5.13. The molecule has 0 aliphatic heterocycles. The molecule has 6 heteroatoms. The first-order valence-corrected chi connectivity index (χ1v) is 13.4. The number of fused-ring (bicyclic) bond motifs is 6. The largest absolute Gasteiger partial charge is 0.673 e. The van der Waals surface area contributed by atoms with Crippen molar-refractivity contribution in [3.8, 4) is 16.8 Å². The highest BCUT2D eigenvalue weighted by atomic mass is 19.5. The lowest BCUT2D eigenvalue weighted by molar-refractivity contribution is -0.537. The van der Waals surface area contributed by atoms with Crippen LogP contribution in [0.2, 0.25) is 0 Å². The third-order valence-electron chi connectivity index (χ3n) is 7.43. The summed E-state index contributed by atoms with van der Waals surface area (Å²) in [7, 11) is -6.00. The second kappa shape index (κ2) is 10.4. The highest BCUT2D eigenvalue weighted by Gasteiger charge is 2.26. The lowest BCUT2D eigenvalue weighted by atomic mass is 9.89. The van der Waals surface area contributed by atoms with Gasteiger partial charge >= 0.3 is 7.25 Å². The van der Waals surface area contributed by atoms with E-state index in [9.17, 15) is 17.3 Å². The molecular weight excluding hydrogens is 521 g/mol. The van der Waals surface area contributed by atoms with E-state index in [4.69, 9.17) is 0 Å². The van der Waals surface area contributed by atoms with Crippen molar-refractivity contribution in [1.29, 1.82) is 0 Å². The Hall–Kier alpha value is -4.71. The highest BCUT2D eigenvalue weighted by Crippen LogP contribution is 2.41. The number of halogens is 4. The summed E-state index contributed by atoms with van der Waals surface area (Å²) in [6.45, 7) is 4.30. The normalized spacial score (nSPS) is 11.7. The van der Waals surface area contributed by atoms with E-state index in [2.05, 4.69) is 140 Å². The minimum atomic E-state index is -6.00. The predicted molar refractivity (Wildman–Crippen MR) is 163 cm³/mol. The molecule has 0 fully saturated rings. The van der Waals surface area contributed by atoms with E-state index in [0.717, 1.165) is 0 Å². The molecule has 0 saturated heterocycles. The van der Waals surface area contributed by atoms with Crippen molar-refractivity contribution in [3.63, 3.8) is 0 Å². The first kappa shape index (κ1) is 26.5. The van der Waals surface area contributed by atoms with Gasteiger partial charge in [0.1, 0.15) is 0 Å². The zero-order valence-electron chi connectivity index (χ0n) is 22.6. The van der Waals surface area contributed by atoms with E-state index in [1.807, 2.05) is 0 Å². The summed E-state index contributed by atoms with van der Waals surface area (Å²) in [4.78, 5) is 0. The van der Waals surface area contributed by atoms with Gasteiger partial charge in [-0.05, 0) is 53.1 Å². The molecule has 41 heavy (non-hydrogen) atoms. The van der Waals surface area contributed by atoms with Crippen LogP contribution in [0.3, 0.4) is 0 Å². The highest BCUT2D eigenvalue weighted by molar-refractivity contribution is 6.50. The second-order valence-corrected chi connectivity index (χ2v) is 10.3. The fourth-order valence-electron chi connectivity index (χ4n) is 5.65. The van der Waals surface area contributed by atoms with Crippen LogP contribution in [-0.4, -0.2) is 7.25 Å². The summed E-state index contributed by atoms with van der Waals surface area (Å²) in [5.74, 6) is 0. The molecule has 7 rings (SSSR count). The topological polar surface area (TPSA) is 3.88 Å². The predicted octanol–water partition coefficient (Wildman–Crippen LogP) is 10.2. The van der Waals surface area contributed by atoms with Crippen molar-refractivity contribution in [2.45, 2.75) is 13.8 Å².